The first kappa shape index (κ1) is 11.2. The molecule has 0 spiro atoms. The van der Waals surface area contributed by atoms with Crippen molar-refractivity contribution in [2.24, 2.45) is 0 Å². The number of amides is 1. The van der Waals surface area contributed by atoms with Gasteiger partial charge in [0.15, 0.2) is 0 Å². The number of carbonyl (C=O) groups is 1. The van der Waals surface area contributed by atoms with Crippen molar-refractivity contribution in [3.05, 3.63) is 35.8 Å². The summed E-state index contributed by atoms with van der Waals surface area (Å²) in [5, 5.41) is 2.67. The van der Waals surface area contributed by atoms with E-state index in [0.29, 0.717) is 6.42 Å². The van der Waals surface area contributed by atoms with E-state index in [2.05, 4.69) is 10.3 Å². The number of rotatable bonds is 3. The molecule has 5 heteroatoms. The smallest absolute Gasteiger partial charge is 0.226 e. The van der Waals surface area contributed by atoms with E-state index in [0.717, 1.165) is 16.9 Å². The van der Waals surface area contributed by atoms with Crippen LogP contribution in [-0.2, 0) is 11.2 Å². The van der Waals surface area contributed by atoms with E-state index in [-0.39, 0.29) is 18.4 Å². The second kappa shape index (κ2) is 4.08. The molecule has 1 N–H and O–H groups in total. The zero-order valence-corrected chi connectivity index (χ0v) is 10.1. The number of pyridine rings is 1. The quantitative estimate of drug-likeness (QED) is 0.891. The number of hydrogen-bond acceptors (Lipinski definition) is 2. The molecule has 0 bridgehead atoms. The molecule has 0 aromatic carbocycles. The highest BCUT2D eigenvalue weighted by Crippen LogP contribution is 2.24. The summed E-state index contributed by atoms with van der Waals surface area (Å²) in [4.78, 5) is 16.0. The number of alkyl halides is 1. The molecular formula is C13H14FN3O. The van der Waals surface area contributed by atoms with Gasteiger partial charge in [-0.3, -0.25) is 4.79 Å². The Balaban J connectivity index is 1.78. The molecule has 2 atom stereocenters. The second-order valence-corrected chi connectivity index (χ2v) is 4.74. The van der Waals surface area contributed by atoms with Crippen LogP contribution in [0, 0.1) is 6.92 Å². The monoisotopic (exact) mass is 247 g/mol. The van der Waals surface area contributed by atoms with Crippen LogP contribution in [0.1, 0.15) is 17.7 Å². The van der Waals surface area contributed by atoms with Crippen molar-refractivity contribution in [1.82, 2.24) is 14.7 Å². The molecule has 94 valence electrons. The van der Waals surface area contributed by atoms with Gasteiger partial charge >= 0.3 is 0 Å². The summed E-state index contributed by atoms with van der Waals surface area (Å²) >= 11 is 0. The lowest BCUT2D eigenvalue weighted by Crippen LogP contribution is -2.28. The fourth-order valence-electron chi connectivity index (χ4n) is 2.07. The van der Waals surface area contributed by atoms with Gasteiger partial charge in [0.05, 0.1) is 18.2 Å². The van der Waals surface area contributed by atoms with Crippen molar-refractivity contribution >= 4 is 11.6 Å². The van der Waals surface area contributed by atoms with Gasteiger partial charge in [-0.15, -0.1) is 0 Å². The third-order valence-electron chi connectivity index (χ3n) is 3.21. The lowest BCUT2D eigenvalue weighted by molar-refractivity contribution is -0.120. The van der Waals surface area contributed by atoms with Crippen LogP contribution in [0.15, 0.2) is 24.5 Å². The number of aryl methyl sites for hydroxylation is 1. The number of nitrogens with zero attached hydrogens (tertiary/aromatic N) is 2. The summed E-state index contributed by atoms with van der Waals surface area (Å²) in [5.74, 6) is -0.150. The van der Waals surface area contributed by atoms with E-state index in [1.54, 1.807) is 6.20 Å². The first-order valence-electron chi connectivity index (χ1n) is 6.00. The zero-order chi connectivity index (χ0) is 12.7. The molecule has 4 nitrogen and oxygen atoms in total. The maximum Gasteiger partial charge on any atom is 0.226 e. The molecule has 1 amide bonds. The van der Waals surface area contributed by atoms with Crippen LogP contribution in [0.3, 0.4) is 0 Å². The van der Waals surface area contributed by atoms with Gasteiger partial charge in [-0.05, 0) is 18.6 Å². The SMILES string of the molecule is Cc1cccn2c(CC(=O)N[C@@H]3C[C@@H]3F)cnc12. The van der Waals surface area contributed by atoms with E-state index in [1.807, 2.05) is 29.7 Å². The number of nitrogens with one attached hydrogen (secondary N) is 1. The van der Waals surface area contributed by atoms with E-state index in [4.69, 9.17) is 0 Å². The number of carbonyl (C=O) groups excluding carboxylic acids is 1. The average Bonchev–Trinajstić information content (AvgIpc) is 2.86. The van der Waals surface area contributed by atoms with Gasteiger partial charge in [0.25, 0.3) is 0 Å². The van der Waals surface area contributed by atoms with Gasteiger partial charge < -0.3 is 9.72 Å². The van der Waals surface area contributed by atoms with Crippen molar-refractivity contribution in [3.8, 4) is 0 Å². The van der Waals surface area contributed by atoms with Crippen LogP contribution >= 0.6 is 0 Å². The molecule has 1 aliphatic carbocycles. The minimum atomic E-state index is -0.863. The third kappa shape index (κ3) is 1.96. The first-order chi connectivity index (χ1) is 8.65. The first-order valence-corrected chi connectivity index (χ1v) is 6.00. The molecule has 0 radical (unpaired) electrons. The molecule has 1 saturated carbocycles. The molecule has 2 aromatic rings. The highest BCUT2D eigenvalue weighted by molar-refractivity contribution is 5.79. The Morgan fingerprint density at radius 1 is 1.67 bits per heavy atom. The Morgan fingerprint density at radius 2 is 2.44 bits per heavy atom. The number of aromatic nitrogens is 2. The van der Waals surface area contributed by atoms with Crippen molar-refractivity contribution < 1.29 is 9.18 Å². The van der Waals surface area contributed by atoms with Crippen molar-refractivity contribution in [2.75, 3.05) is 0 Å². The Morgan fingerprint density at radius 3 is 3.17 bits per heavy atom. The van der Waals surface area contributed by atoms with E-state index in [1.165, 1.54) is 0 Å². The molecule has 18 heavy (non-hydrogen) atoms. The Kier molecular flexibility index (Phi) is 2.54. The largest absolute Gasteiger partial charge is 0.350 e. The summed E-state index contributed by atoms with van der Waals surface area (Å²) in [6.07, 6.45) is 3.39. The fraction of sp³-hybridized carbons (Fsp3) is 0.385. The predicted molar refractivity (Wildman–Crippen MR) is 65.1 cm³/mol. The molecule has 0 unspecified atom stereocenters. The topological polar surface area (TPSA) is 46.4 Å². The Hall–Kier alpha value is -1.91. The third-order valence-corrected chi connectivity index (χ3v) is 3.21. The van der Waals surface area contributed by atoms with Gasteiger partial charge in [0, 0.05) is 18.8 Å². The molecule has 2 heterocycles. The number of imidazole rings is 1. The lowest BCUT2D eigenvalue weighted by atomic mass is 10.3. The van der Waals surface area contributed by atoms with Crippen molar-refractivity contribution in [2.45, 2.75) is 32.0 Å². The number of fused-ring (bicyclic) bond motifs is 1. The number of halogens is 1. The summed E-state index contributed by atoms with van der Waals surface area (Å²) in [6.45, 7) is 1.98. The summed E-state index contributed by atoms with van der Waals surface area (Å²) < 4.78 is 14.6. The van der Waals surface area contributed by atoms with Gasteiger partial charge in [-0.1, -0.05) is 6.07 Å². The summed E-state index contributed by atoms with van der Waals surface area (Å²) in [7, 11) is 0. The maximum absolute atomic E-state index is 12.7. The maximum atomic E-state index is 12.7. The molecule has 1 fully saturated rings. The fourth-order valence-corrected chi connectivity index (χ4v) is 2.07. The van der Waals surface area contributed by atoms with Crippen LogP contribution < -0.4 is 5.32 Å². The molecule has 0 saturated heterocycles. The second-order valence-electron chi connectivity index (χ2n) is 4.74. The average molecular weight is 247 g/mol. The lowest BCUT2D eigenvalue weighted by Gasteiger charge is -2.04. The van der Waals surface area contributed by atoms with Gasteiger partial charge in [-0.2, -0.15) is 0 Å². The minimum absolute atomic E-state index is 0.150. The van der Waals surface area contributed by atoms with E-state index < -0.39 is 6.17 Å². The highest BCUT2D eigenvalue weighted by atomic mass is 19.1. The molecule has 0 aliphatic heterocycles. The van der Waals surface area contributed by atoms with E-state index >= 15 is 0 Å². The van der Waals surface area contributed by atoms with Crippen LogP contribution in [0.25, 0.3) is 5.65 Å². The highest BCUT2D eigenvalue weighted by Gasteiger charge is 2.38. The Bertz CT molecular complexity index is 607. The Labute approximate surface area is 104 Å². The van der Waals surface area contributed by atoms with Gasteiger partial charge in [-0.25, -0.2) is 9.37 Å². The van der Waals surface area contributed by atoms with Gasteiger partial charge in [0.1, 0.15) is 11.8 Å². The van der Waals surface area contributed by atoms with Crippen LogP contribution in [0.2, 0.25) is 0 Å². The van der Waals surface area contributed by atoms with Crippen LogP contribution in [0.4, 0.5) is 4.39 Å². The molecule has 3 rings (SSSR count). The minimum Gasteiger partial charge on any atom is -0.350 e. The van der Waals surface area contributed by atoms with Crippen molar-refractivity contribution in [3.63, 3.8) is 0 Å². The molecular weight excluding hydrogens is 233 g/mol. The number of hydrogen-bond donors (Lipinski definition) is 1. The van der Waals surface area contributed by atoms with Crippen LogP contribution in [-0.4, -0.2) is 27.5 Å². The van der Waals surface area contributed by atoms with E-state index in [9.17, 15) is 9.18 Å². The standard InChI is InChI=1S/C13H14FN3O/c1-8-3-2-4-17-9(7-15-13(8)17)5-12(18)16-11-6-10(11)14/h2-4,7,10-11H,5-6H2,1H3,(H,16,18)/t10-,11+/m0/s1. The van der Waals surface area contributed by atoms with Gasteiger partial charge in [0.2, 0.25) is 5.91 Å². The molecule has 2 aromatic heterocycles. The molecule has 1 aliphatic rings. The predicted octanol–water partition coefficient (Wildman–Crippen LogP) is 1.41. The zero-order valence-electron chi connectivity index (χ0n) is 10.1. The normalized spacial score (nSPS) is 22.1. The summed E-state index contributed by atoms with van der Waals surface area (Å²) in [6, 6.07) is 3.62. The van der Waals surface area contributed by atoms with Crippen LogP contribution in [0.5, 0.6) is 0 Å². The van der Waals surface area contributed by atoms with Crippen molar-refractivity contribution in [1.29, 1.82) is 0 Å². The summed E-state index contributed by atoms with van der Waals surface area (Å²) in [5.41, 5.74) is 2.74.